The Labute approximate surface area is 75.3 Å². The summed E-state index contributed by atoms with van der Waals surface area (Å²) < 4.78 is 4.96. The third-order valence-corrected chi connectivity index (χ3v) is 1.97. The lowest BCUT2D eigenvalue weighted by molar-refractivity contribution is -0.107. The fourth-order valence-corrected chi connectivity index (χ4v) is 1.30. The molecule has 0 saturated carbocycles. The molecule has 3 nitrogen and oxygen atoms in total. The van der Waals surface area contributed by atoms with Gasteiger partial charge in [0.25, 0.3) is 0 Å². The summed E-state index contributed by atoms with van der Waals surface area (Å²) in [5.41, 5.74) is 1.93. The minimum absolute atomic E-state index is 0.566. The number of benzene rings is 1. The van der Waals surface area contributed by atoms with Gasteiger partial charge >= 0.3 is 0 Å². The van der Waals surface area contributed by atoms with Crippen LogP contribution in [0, 0.1) is 0 Å². The van der Waals surface area contributed by atoms with E-state index in [0.29, 0.717) is 6.42 Å². The van der Waals surface area contributed by atoms with Crippen LogP contribution in [0.5, 0.6) is 0 Å². The number of carbonyl (C=O) groups excluding carboxylic acids is 1. The van der Waals surface area contributed by atoms with E-state index in [9.17, 15) is 4.79 Å². The molecule has 66 valence electrons. The van der Waals surface area contributed by atoms with Gasteiger partial charge in [-0.05, 0) is 24.1 Å². The first-order valence-electron chi connectivity index (χ1n) is 4.17. The lowest BCUT2D eigenvalue weighted by Crippen LogP contribution is -1.84. The third kappa shape index (κ3) is 1.59. The van der Waals surface area contributed by atoms with Gasteiger partial charge in [-0.3, -0.25) is 0 Å². The zero-order chi connectivity index (χ0) is 9.10. The lowest BCUT2D eigenvalue weighted by Gasteiger charge is -1.95. The fraction of sp³-hybridized carbons (Fsp3) is 0.200. The standard InChI is InChI=1S/C10H9NO2/c12-5-1-2-8-3-4-10-9(6-8)7-11-13-10/h3-7H,1-2H2. The molecule has 0 unspecified atom stereocenters. The number of hydrogen-bond donors (Lipinski definition) is 0. The highest BCUT2D eigenvalue weighted by molar-refractivity contribution is 5.76. The van der Waals surface area contributed by atoms with Crippen LogP contribution in [0.3, 0.4) is 0 Å². The van der Waals surface area contributed by atoms with Gasteiger partial charge in [-0.2, -0.15) is 0 Å². The van der Waals surface area contributed by atoms with Gasteiger partial charge in [-0.15, -0.1) is 0 Å². The molecular weight excluding hydrogens is 166 g/mol. The molecule has 0 spiro atoms. The second-order valence-electron chi connectivity index (χ2n) is 2.90. The predicted octanol–water partition coefficient (Wildman–Crippen LogP) is 1.96. The second-order valence-corrected chi connectivity index (χ2v) is 2.90. The Morgan fingerprint density at radius 3 is 3.23 bits per heavy atom. The maximum atomic E-state index is 10.2. The Bertz CT molecular complexity index is 420. The first-order chi connectivity index (χ1) is 6.40. The summed E-state index contributed by atoms with van der Waals surface area (Å²) in [6, 6.07) is 5.83. The number of aldehydes is 1. The van der Waals surface area contributed by atoms with Crippen molar-refractivity contribution in [2.45, 2.75) is 12.8 Å². The highest BCUT2D eigenvalue weighted by Crippen LogP contribution is 2.15. The van der Waals surface area contributed by atoms with Gasteiger partial charge in [-0.1, -0.05) is 11.2 Å². The average molecular weight is 175 g/mol. The monoisotopic (exact) mass is 175 g/mol. The number of hydrogen-bond acceptors (Lipinski definition) is 3. The fourth-order valence-electron chi connectivity index (χ4n) is 1.30. The summed E-state index contributed by atoms with van der Waals surface area (Å²) >= 11 is 0. The van der Waals surface area contributed by atoms with E-state index in [1.165, 1.54) is 0 Å². The summed E-state index contributed by atoms with van der Waals surface area (Å²) in [5.74, 6) is 0. The van der Waals surface area contributed by atoms with E-state index >= 15 is 0 Å². The highest BCUT2D eigenvalue weighted by atomic mass is 16.5. The molecule has 1 heterocycles. The Morgan fingerprint density at radius 2 is 2.38 bits per heavy atom. The molecule has 0 radical (unpaired) electrons. The van der Waals surface area contributed by atoms with E-state index < -0.39 is 0 Å². The molecule has 3 heteroatoms. The van der Waals surface area contributed by atoms with Crippen molar-refractivity contribution < 1.29 is 9.32 Å². The Hall–Kier alpha value is -1.64. The second kappa shape index (κ2) is 3.39. The molecule has 0 N–H and O–H groups in total. The van der Waals surface area contributed by atoms with Crippen LogP contribution >= 0.6 is 0 Å². The Balaban J connectivity index is 2.31. The molecule has 2 rings (SSSR count). The van der Waals surface area contributed by atoms with Crippen LogP contribution in [0.15, 0.2) is 28.9 Å². The number of fused-ring (bicyclic) bond motifs is 1. The van der Waals surface area contributed by atoms with Crippen molar-refractivity contribution in [3.8, 4) is 0 Å². The van der Waals surface area contributed by atoms with Crippen LogP contribution in [0.1, 0.15) is 12.0 Å². The Morgan fingerprint density at radius 1 is 1.46 bits per heavy atom. The zero-order valence-electron chi connectivity index (χ0n) is 7.06. The van der Waals surface area contributed by atoms with Crippen LogP contribution in [0.25, 0.3) is 11.0 Å². The minimum atomic E-state index is 0.566. The molecule has 2 aromatic rings. The molecule has 0 bridgehead atoms. The smallest absolute Gasteiger partial charge is 0.166 e. The van der Waals surface area contributed by atoms with Crippen molar-refractivity contribution in [1.82, 2.24) is 5.16 Å². The summed E-state index contributed by atoms with van der Waals surface area (Å²) in [5, 5.41) is 4.67. The van der Waals surface area contributed by atoms with Crippen LogP contribution in [0.4, 0.5) is 0 Å². The molecule has 0 saturated heterocycles. The number of nitrogens with zero attached hydrogens (tertiary/aromatic N) is 1. The van der Waals surface area contributed by atoms with Crippen molar-refractivity contribution in [3.05, 3.63) is 30.0 Å². The van der Waals surface area contributed by atoms with Gasteiger partial charge in [0.05, 0.1) is 6.20 Å². The summed E-state index contributed by atoms with van der Waals surface area (Å²) in [7, 11) is 0. The third-order valence-electron chi connectivity index (χ3n) is 1.97. The normalized spacial score (nSPS) is 10.5. The van der Waals surface area contributed by atoms with Gasteiger partial charge in [0.2, 0.25) is 0 Å². The van der Waals surface area contributed by atoms with E-state index in [0.717, 1.165) is 29.2 Å². The Kier molecular flexibility index (Phi) is 2.08. The van der Waals surface area contributed by atoms with Crippen LogP contribution < -0.4 is 0 Å². The maximum absolute atomic E-state index is 10.2. The first-order valence-corrected chi connectivity index (χ1v) is 4.17. The van der Waals surface area contributed by atoms with Crippen molar-refractivity contribution >= 4 is 17.3 Å². The molecule has 0 fully saturated rings. The molecule has 0 amide bonds. The summed E-state index contributed by atoms with van der Waals surface area (Å²) in [6.07, 6.45) is 3.96. The van der Waals surface area contributed by atoms with E-state index in [4.69, 9.17) is 4.52 Å². The number of aryl methyl sites for hydroxylation is 1. The van der Waals surface area contributed by atoms with Crippen LogP contribution in [0.2, 0.25) is 0 Å². The van der Waals surface area contributed by atoms with Crippen LogP contribution in [-0.2, 0) is 11.2 Å². The molecule has 1 aromatic heterocycles. The van der Waals surface area contributed by atoms with Gasteiger partial charge in [0.1, 0.15) is 6.29 Å². The topological polar surface area (TPSA) is 43.1 Å². The van der Waals surface area contributed by atoms with Gasteiger partial charge < -0.3 is 9.32 Å². The quantitative estimate of drug-likeness (QED) is 0.669. The molecule has 1 aromatic carbocycles. The number of aromatic nitrogens is 1. The molecule has 0 aliphatic carbocycles. The molecule has 0 aliphatic rings. The van der Waals surface area contributed by atoms with E-state index in [1.807, 2.05) is 18.2 Å². The summed E-state index contributed by atoms with van der Waals surface area (Å²) in [4.78, 5) is 10.2. The minimum Gasteiger partial charge on any atom is -0.356 e. The molecular formula is C10H9NO2. The number of carbonyl (C=O) groups is 1. The summed E-state index contributed by atoms with van der Waals surface area (Å²) in [6.45, 7) is 0. The average Bonchev–Trinajstić information content (AvgIpc) is 2.61. The van der Waals surface area contributed by atoms with E-state index in [2.05, 4.69) is 5.16 Å². The SMILES string of the molecule is O=CCCc1ccc2oncc2c1. The molecule has 0 aliphatic heterocycles. The van der Waals surface area contributed by atoms with E-state index in [1.54, 1.807) is 6.20 Å². The van der Waals surface area contributed by atoms with Crippen molar-refractivity contribution in [3.63, 3.8) is 0 Å². The van der Waals surface area contributed by atoms with Crippen molar-refractivity contribution in [2.75, 3.05) is 0 Å². The van der Waals surface area contributed by atoms with Crippen molar-refractivity contribution in [2.24, 2.45) is 0 Å². The molecule has 13 heavy (non-hydrogen) atoms. The lowest BCUT2D eigenvalue weighted by atomic mass is 10.1. The van der Waals surface area contributed by atoms with Gasteiger partial charge in [-0.25, -0.2) is 0 Å². The predicted molar refractivity (Wildman–Crippen MR) is 48.4 cm³/mol. The van der Waals surface area contributed by atoms with Gasteiger partial charge in [0.15, 0.2) is 5.58 Å². The highest BCUT2D eigenvalue weighted by Gasteiger charge is 1.99. The van der Waals surface area contributed by atoms with Crippen molar-refractivity contribution in [1.29, 1.82) is 0 Å². The van der Waals surface area contributed by atoms with Crippen LogP contribution in [-0.4, -0.2) is 11.4 Å². The zero-order valence-corrected chi connectivity index (χ0v) is 7.06. The van der Waals surface area contributed by atoms with E-state index in [-0.39, 0.29) is 0 Å². The first kappa shape index (κ1) is 7.98. The maximum Gasteiger partial charge on any atom is 0.166 e. The largest absolute Gasteiger partial charge is 0.356 e. The number of rotatable bonds is 3. The molecule has 0 atom stereocenters. The van der Waals surface area contributed by atoms with Gasteiger partial charge in [0, 0.05) is 11.8 Å².